The van der Waals surface area contributed by atoms with E-state index < -0.39 is 0 Å². The molecular formula is C16H18N2O. The summed E-state index contributed by atoms with van der Waals surface area (Å²) in [5.41, 5.74) is 9.63. The average molecular weight is 254 g/mol. The van der Waals surface area contributed by atoms with Gasteiger partial charge in [0, 0.05) is 12.2 Å². The number of nitrogens with two attached hydrogens (primary N) is 1. The van der Waals surface area contributed by atoms with Crippen LogP contribution in [0.3, 0.4) is 0 Å². The minimum atomic E-state index is 0.0213. The Hall–Kier alpha value is -2.29. The summed E-state index contributed by atoms with van der Waals surface area (Å²) in [5.74, 6) is 0.0213. The highest BCUT2D eigenvalue weighted by Crippen LogP contribution is 2.08. The van der Waals surface area contributed by atoms with Crippen molar-refractivity contribution in [2.75, 3.05) is 5.73 Å². The molecule has 3 nitrogen and oxygen atoms in total. The minimum Gasteiger partial charge on any atom is -0.399 e. The first kappa shape index (κ1) is 13.1. The molecule has 2 aromatic rings. The molecule has 0 unspecified atom stereocenters. The van der Waals surface area contributed by atoms with E-state index in [0.717, 1.165) is 11.1 Å². The lowest BCUT2D eigenvalue weighted by Gasteiger charge is -2.08. The van der Waals surface area contributed by atoms with Gasteiger partial charge in [-0.15, -0.1) is 0 Å². The molecular weight excluding hydrogens is 236 g/mol. The number of hydrogen-bond donors (Lipinski definition) is 2. The highest BCUT2D eigenvalue weighted by Gasteiger charge is 2.04. The van der Waals surface area contributed by atoms with Gasteiger partial charge >= 0.3 is 0 Å². The molecule has 2 aromatic carbocycles. The van der Waals surface area contributed by atoms with E-state index in [1.807, 2.05) is 55.5 Å². The standard InChI is InChI=1S/C16H18N2O/c1-12-4-2-3-5-14(12)11-18-16(19)10-13-6-8-15(17)9-7-13/h2-9H,10-11,17H2,1H3,(H,18,19). The van der Waals surface area contributed by atoms with Gasteiger partial charge in [-0.25, -0.2) is 0 Å². The molecule has 1 amide bonds. The summed E-state index contributed by atoms with van der Waals surface area (Å²) in [5, 5.41) is 2.93. The second-order valence-corrected chi connectivity index (χ2v) is 4.62. The zero-order valence-electron chi connectivity index (χ0n) is 11.0. The third-order valence-electron chi connectivity index (χ3n) is 3.08. The molecule has 0 saturated heterocycles. The first-order valence-corrected chi connectivity index (χ1v) is 6.31. The zero-order valence-corrected chi connectivity index (χ0v) is 11.0. The number of carbonyl (C=O) groups excluding carboxylic acids is 1. The molecule has 2 rings (SSSR count). The van der Waals surface area contributed by atoms with Crippen LogP contribution in [-0.2, 0) is 17.8 Å². The molecule has 0 aliphatic heterocycles. The highest BCUT2D eigenvalue weighted by molar-refractivity contribution is 5.78. The van der Waals surface area contributed by atoms with E-state index in [4.69, 9.17) is 5.73 Å². The number of benzene rings is 2. The Bertz CT molecular complexity index is 561. The second kappa shape index (κ2) is 6.05. The summed E-state index contributed by atoms with van der Waals surface area (Å²) in [7, 11) is 0. The van der Waals surface area contributed by atoms with Crippen molar-refractivity contribution in [3.05, 3.63) is 65.2 Å². The van der Waals surface area contributed by atoms with Gasteiger partial charge in [-0.1, -0.05) is 36.4 Å². The van der Waals surface area contributed by atoms with Gasteiger partial charge in [0.05, 0.1) is 6.42 Å². The Morgan fingerprint density at radius 1 is 1.11 bits per heavy atom. The lowest BCUT2D eigenvalue weighted by atomic mass is 10.1. The van der Waals surface area contributed by atoms with Crippen molar-refractivity contribution in [3.8, 4) is 0 Å². The van der Waals surface area contributed by atoms with Crippen LogP contribution < -0.4 is 11.1 Å². The number of amides is 1. The molecule has 0 aromatic heterocycles. The number of rotatable bonds is 4. The summed E-state index contributed by atoms with van der Waals surface area (Å²) in [4.78, 5) is 11.8. The van der Waals surface area contributed by atoms with E-state index in [1.165, 1.54) is 5.56 Å². The maximum absolute atomic E-state index is 11.8. The van der Waals surface area contributed by atoms with Crippen LogP contribution in [0.1, 0.15) is 16.7 Å². The van der Waals surface area contributed by atoms with Gasteiger partial charge in [0.2, 0.25) is 5.91 Å². The van der Waals surface area contributed by atoms with Crippen molar-refractivity contribution < 1.29 is 4.79 Å². The van der Waals surface area contributed by atoms with E-state index in [1.54, 1.807) is 0 Å². The fraction of sp³-hybridized carbons (Fsp3) is 0.188. The molecule has 0 spiro atoms. The van der Waals surface area contributed by atoms with E-state index in [-0.39, 0.29) is 5.91 Å². The summed E-state index contributed by atoms with van der Waals surface area (Å²) in [6.07, 6.45) is 0.381. The van der Waals surface area contributed by atoms with Gasteiger partial charge in [-0.05, 0) is 35.7 Å². The van der Waals surface area contributed by atoms with E-state index >= 15 is 0 Å². The number of nitrogen functional groups attached to an aromatic ring is 1. The maximum atomic E-state index is 11.8. The quantitative estimate of drug-likeness (QED) is 0.823. The zero-order chi connectivity index (χ0) is 13.7. The predicted molar refractivity (Wildman–Crippen MR) is 77.6 cm³/mol. The molecule has 0 radical (unpaired) electrons. The Balaban J connectivity index is 1.88. The molecule has 0 heterocycles. The molecule has 0 saturated carbocycles. The fourth-order valence-corrected chi connectivity index (χ4v) is 1.89. The molecule has 19 heavy (non-hydrogen) atoms. The largest absolute Gasteiger partial charge is 0.399 e. The van der Waals surface area contributed by atoms with Crippen LogP contribution >= 0.6 is 0 Å². The van der Waals surface area contributed by atoms with Crippen molar-refractivity contribution in [3.63, 3.8) is 0 Å². The van der Waals surface area contributed by atoms with Crippen LogP contribution in [0.15, 0.2) is 48.5 Å². The number of anilines is 1. The molecule has 0 bridgehead atoms. The molecule has 3 heteroatoms. The van der Waals surface area contributed by atoms with Crippen LogP contribution in [-0.4, -0.2) is 5.91 Å². The third-order valence-corrected chi connectivity index (χ3v) is 3.08. The van der Waals surface area contributed by atoms with Crippen molar-refractivity contribution in [1.29, 1.82) is 0 Å². The number of aryl methyl sites for hydroxylation is 1. The van der Waals surface area contributed by atoms with E-state index in [2.05, 4.69) is 5.32 Å². The van der Waals surface area contributed by atoms with Crippen molar-refractivity contribution in [1.82, 2.24) is 5.32 Å². The number of nitrogens with one attached hydrogen (secondary N) is 1. The maximum Gasteiger partial charge on any atom is 0.224 e. The first-order valence-electron chi connectivity index (χ1n) is 6.31. The lowest BCUT2D eigenvalue weighted by molar-refractivity contribution is -0.120. The Labute approximate surface area is 113 Å². The molecule has 0 aliphatic rings. The van der Waals surface area contributed by atoms with Gasteiger partial charge in [0.1, 0.15) is 0 Å². The molecule has 0 fully saturated rings. The predicted octanol–water partition coefficient (Wildman–Crippen LogP) is 2.44. The van der Waals surface area contributed by atoms with Gasteiger partial charge in [0.15, 0.2) is 0 Å². The van der Waals surface area contributed by atoms with Crippen LogP contribution in [0.2, 0.25) is 0 Å². The van der Waals surface area contributed by atoms with Gasteiger partial charge in [-0.3, -0.25) is 4.79 Å². The smallest absolute Gasteiger partial charge is 0.224 e. The van der Waals surface area contributed by atoms with Crippen molar-refractivity contribution in [2.24, 2.45) is 0 Å². The van der Waals surface area contributed by atoms with Crippen molar-refractivity contribution >= 4 is 11.6 Å². The van der Waals surface area contributed by atoms with Gasteiger partial charge in [-0.2, -0.15) is 0 Å². The fourth-order valence-electron chi connectivity index (χ4n) is 1.89. The van der Waals surface area contributed by atoms with Gasteiger partial charge < -0.3 is 11.1 Å². The minimum absolute atomic E-state index is 0.0213. The second-order valence-electron chi connectivity index (χ2n) is 4.62. The lowest BCUT2D eigenvalue weighted by Crippen LogP contribution is -2.24. The molecule has 3 N–H and O–H groups in total. The third kappa shape index (κ3) is 3.85. The summed E-state index contributed by atoms with van der Waals surface area (Å²) < 4.78 is 0. The monoisotopic (exact) mass is 254 g/mol. The summed E-state index contributed by atoms with van der Waals surface area (Å²) in [6, 6.07) is 15.4. The van der Waals surface area contributed by atoms with E-state index in [9.17, 15) is 4.79 Å². The Kier molecular flexibility index (Phi) is 4.18. The summed E-state index contributed by atoms with van der Waals surface area (Å²) in [6.45, 7) is 2.61. The molecule has 0 aliphatic carbocycles. The van der Waals surface area contributed by atoms with Crippen LogP contribution in [0.25, 0.3) is 0 Å². The summed E-state index contributed by atoms with van der Waals surface area (Å²) >= 11 is 0. The van der Waals surface area contributed by atoms with Crippen LogP contribution in [0, 0.1) is 6.92 Å². The highest BCUT2D eigenvalue weighted by atomic mass is 16.1. The topological polar surface area (TPSA) is 55.1 Å². The number of hydrogen-bond acceptors (Lipinski definition) is 2. The Morgan fingerprint density at radius 2 is 1.79 bits per heavy atom. The first-order chi connectivity index (χ1) is 9.15. The average Bonchev–Trinajstić information content (AvgIpc) is 2.40. The van der Waals surface area contributed by atoms with Crippen LogP contribution in [0.5, 0.6) is 0 Å². The normalized spacial score (nSPS) is 10.2. The van der Waals surface area contributed by atoms with Gasteiger partial charge in [0.25, 0.3) is 0 Å². The SMILES string of the molecule is Cc1ccccc1CNC(=O)Cc1ccc(N)cc1. The molecule has 98 valence electrons. The van der Waals surface area contributed by atoms with Crippen LogP contribution in [0.4, 0.5) is 5.69 Å². The Morgan fingerprint density at radius 3 is 2.47 bits per heavy atom. The van der Waals surface area contributed by atoms with Crippen molar-refractivity contribution in [2.45, 2.75) is 19.9 Å². The molecule has 0 atom stereocenters. The van der Waals surface area contributed by atoms with E-state index in [0.29, 0.717) is 18.7 Å². The number of carbonyl (C=O) groups is 1.